The Bertz CT molecular complexity index is 500. The van der Waals surface area contributed by atoms with Crippen molar-refractivity contribution in [1.29, 1.82) is 0 Å². The van der Waals surface area contributed by atoms with Crippen molar-refractivity contribution in [2.24, 2.45) is 5.92 Å². The van der Waals surface area contributed by atoms with E-state index in [1.165, 1.54) is 7.11 Å². The minimum atomic E-state index is -0.385. The van der Waals surface area contributed by atoms with Crippen LogP contribution >= 0.6 is 0 Å². The largest absolute Gasteiger partial charge is 0.469 e. The second-order valence-corrected chi connectivity index (χ2v) is 5.30. The van der Waals surface area contributed by atoms with Gasteiger partial charge >= 0.3 is 12.0 Å². The molecule has 7 nitrogen and oxygen atoms in total. The lowest BCUT2D eigenvalue weighted by atomic mass is 9.95. The van der Waals surface area contributed by atoms with Gasteiger partial charge in [-0.1, -0.05) is 24.4 Å². The molecule has 0 bridgehead atoms. The highest BCUT2D eigenvalue weighted by Crippen LogP contribution is 2.24. The van der Waals surface area contributed by atoms with Crippen LogP contribution in [0.15, 0.2) is 10.6 Å². The Balaban J connectivity index is 1.96. The summed E-state index contributed by atoms with van der Waals surface area (Å²) in [5.41, 5.74) is 0. The first-order valence-corrected chi connectivity index (χ1v) is 7.19. The summed E-state index contributed by atoms with van der Waals surface area (Å²) in [5.74, 6) is 0.419. The maximum atomic E-state index is 12.0. The fraction of sp³-hybridized carbons (Fsp3) is 0.643. The zero-order chi connectivity index (χ0) is 15.2. The van der Waals surface area contributed by atoms with Crippen molar-refractivity contribution in [3.05, 3.63) is 11.8 Å². The molecule has 0 unspecified atom stereocenters. The first kappa shape index (κ1) is 15.3. The molecule has 1 aromatic heterocycles. The first-order valence-electron chi connectivity index (χ1n) is 7.19. The third-order valence-corrected chi connectivity index (χ3v) is 3.71. The van der Waals surface area contributed by atoms with Gasteiger partial charge in [0.2, 0.25) is 0 Å². The first-order chi connectivity index (χ1) is 10.1. The number of urea groups is 1. The van der Waals surface area contributed by atoms with Gasteiger partial charge in [0.15, 0.2) is 5.82 Å². The van der Waals surface area contributed by atoms with Crippen LogP contribution in [0, 0.1) is 12.8 Å². The van der Waals surface area contributed by atoms with Crippen LogP contribution in [0.25, 0.3) is 0 Å². The highest BCUT2D eigenvalue weighted by atomic mass is 16.5. The Labute approximate surface area is 123 Å². The fourth-order valence-electron chi connectivity index (χ4n) is 2.66. The Hall–Kier alpha value is -2.05. The highest BCUT2D eigenvalue weighted by molar-refractivity contribution is 5.88. The third kappa shape index (κ3) is 4.21. The smallest absolute Gasteiger partial charge is 0.320 e. The van der Waals surface area contributed by atoms with Gasteiger partial charge in [0.05, 0.1) is 13.0 Å². The summed E-state index contributed by atoms with van der Waals surface area (Å²) < 4.78 is 9.73. The number of aryl methyl sites for hydroxylation is 1. The van der Waals surface area contributed by atoms with Crippen molar-refractivity contribution in [3.63, 3.8) is 0 Å². The fourth-order valence-corrected chi connectivity index (χ4v) is 2.66. The Kier molecular flexibility index (Phi) is 5.19. The van der Waals surface area contributed by atoms with Crippen LogP contribution in [0.4, 0.5) is 10.6 Å². The van der Waals surface area contributed by atoms with E-state index in [1.54, 1.807) is 13.0 Å². The highest BCUT2D eigenvalue weighted by Gasteiger charge is 2.31. The van der Waals surface area contributed by atoms with E-state index in [4.69, 9.17) is 9.26 Å². The molecular weight excluding hydrogens is 274 g/mol. The number of ether oxygens (including phenoxy) is 1. The number of aromatic nitrogens is 1. The number of hydrogen-bond acceptors (Lipinski definition) is 5. The standard InChI is InChI=1S/C14H21N3O4/c1-9-8-12(17-21-9)16-14(19)15-11-7-5-3-4-6-10(11)13(18)20-2/h8,10-11H,3-7H2,1-2H3,(H2,15,16,17,19)/t10-,11+/m0/s1. The van der Waals surface area contributed by atoms with E-state index in [-0.39, 0.29) is 24.0 Å². The number of methoxy groups -OCH3 is 1. The van der Waals surface area contributed by atoms with E-state index < -0.39 is 0 Å². The van der Waals surface area contributed by atoms with Crippen LogP contribution in [0.5, 0.6) is 0 Å². The number of amides is 2. The third-order valence-electron chi connectivity index (χ3n) is 3.71. The predicted octanol–water partition coefficient (Wildman–Crippen LogP) is 2.23. The van der Waals surface area contributed by atoms with E-state index in [2.05, 4.69) is 15.8 Å². The van der Waals surface area contributed by atoms with Gasteiger partial charge in [-0.15, -0.1) is 0 Å². The topological polar surface area (TPSA) is 93.5 Å². The van der Waals surface area contributed by atoms with Crippen molar-refractivity contribution in [3.8, 4) is 0 Å². The number of carbonyl (C=O) groups excluding carboxylic acids is 2. The molecule has 0 saturated heterocycles. The summed E-state index contributed by atoms with van der Waals surface area (Å²) in [5, 5.41) is 9.15. The van der Waals surface area contributed by atoms with E-state index in [9.17, 15) is 9.59 Å². The van der Waals surface area contributed by atoms with Gasteiger partial charge in [0, 0.05) is 12.1 Å². The second-order valence-electron chi connectivity index (χ2n) is 5.30. The zero-order valence-corrected chi connectivity index (χ0v) is 12.3. The van der Waals surface area contributed by atoms with Crippen molar-refractivity contribution in [2.45, 2.75) is 45.1 Å². The second kappa shape index (κ2) is 7.10. The lowest BCUT2D eigenvalue weighted by Gasteiger charge is -2.23. The molecule has 1 saturated carbocycles. The van der Waals surface area contributed by atoms with Crippen LogP contribution in [-0.2, 0) is 9.53 Å². The SMILES string of the molecule is COC(=O)[C@H]1CCCCC[C@H]1NC(=O)Nc1cc(C)on1. The van der Waals surface area contributed by atoms with Gasteiger partial charge in [0.1, 0.15) is 5.76 Å². The van der Waals surface area contributed by atoms with Gasteiger partial charge < -0.3 is 14.6 Å². The van der Waals surface area contributed by atoms with Gasteiger partial charge in [-0.2, -0.15) is 0 Å². The molecule has 2 rings (SSSR count). The summed E-state index contributed by atoms with van der Waals surface area (Å²) in [6.45, 7) is 1.74. The van der Waals surface area contributed by atoms with E-state index in [0.29, 0.717) is 11.6 Å². The lowest BCUT2D eigenvalue weighted by molar-refractivity contribution is -0.146. The summed E-state index contributed by atoms with van der Waals surface area (Å²) in [6, 6.07) is 1.03. The molecule has 1 aliphatic rings. The maximum absolute atomic E-state index is 12.0. The number of carbonyl (C=O) groups is 2. The van der Waals surface area contributed by atoms with Gasteiger partial charge in [-0.25, -0.2) is 4.79 Å². The summed E-state index contributed by atoms with van der Waals surface area (Å²) in [4.78, 5) is 23.9. The number of nitrogens with one attached hydrogen (secondary N) is 2. The molecule has 1 heterocycles. The molecule has 21 heavy (non-hydrogen) atoms. The van der Waals surface area contributed by atoms with Gasteiger partial charge in [-0.05, 0) is 19.8 Å². The van der Waals surface area contributed by atoms with Crippen molar-refractivity contribution >= 4 is 17.8 Å². The van der Waals surface area contributed by atoms with E-state index in [0.717, 1.165) is 32.1 Å². The van der Waals surface area contributed by atoms with Crippen molar-refractivity contribution in [2.75, 3.05) is 12.4 Å². The number of anilines is 1. The molecule has 2 N–H and O–H groups in total. The number of esters is 1. The summed E-state index contributed by atoms with van der Waals surface area (Å²) in [6.07, 6.45) is 4.53. The molecule has 0 aromatic carbocycles. The zero-order valence-electron chi connectivity index (χ0n) is 12.3. The van der Waals surface area contributed by atoms with Crippen LogP contribution in [0.2, 0.25) is 0 Å². The number of rotatable bonds is 3. The molecule has 2 atom stereocenters. The minimum absolute atomic E-state index is 0.215. The van der Waals surface area contributed by atoms with E-state index in [1.807, 2.05) is 0 Å². The monoisotopic (exact) mass is 295 g/mol. The molecule has 2 amide bonds. The normalized spacial score (nSPS) is 22.2. The average molecular weight is 295 g/mol. The molecular formula is C14H21N3O4. The molecule has 0 spiro atoms. The minimum Gasteiger partial charge on any atom is -0.469 e. The van der Waals surface area contributed by atoms with Crippen molar-refractivity contribution in [1.82, 2.24) is 10.5 Å². The molecule has 116 valence electrons. The van der Waals surface area contributed by atoms with E-state index >= 15 is 0 Å². The molecule has 0 radical (unpaired) electrons. The van der Waals surface area contributed by atoms with Gasteiger partial charge in [0.25, 0.3) is 0 Å². The predicted molar refractivity (Wildman–Crippen MR) is 75.8 cm³/mol. The Morgan fingerprint density at radius 3 is 2.76 bits per heavy atom. The van der Waals surface area contributed by atoms with Crippen LogP contribution < -0.4 is 10.6 Å². The average Bonchev–Trinajstić information content (AvgIpc) is 2.72. The number of hydrogen-bond donors (Lipinski definition) is 2. The number of nitrogens with zero attached hydrogens (tertiary/aromatic N) is 1. The van der Waals surface area contributed by atoms with Crippen LogP contribution in [0.1, 0.15) is 37.9 Å². The van der Waals surface area contributed by atoms with Crippen LogP contribution in [-0.4, -0.2) is 30.3 Å². The Morgan fingerprint density at radius 2 is 2.10 bits per heavy atom. The summed E-state index contributed by atoms with van der Waals surface area (Å²) >= 11 is 0. The molecule has 1 aromatic rings. The molecule has 1 fully saturated rings. The molecule has 7 heteroatoms. The Morgan fingerprint density at radius 1 is 1.33 bits per heavy atom. The maximum Gasteiger partial charge on any atom is 0.320 e. The van der Waals surface area contributed by atoms with Gasteiger partial charge in [-0.3, -0.25) is 10.1 Å². The molecule has 1 aliphatic carbocycles. The quantitative estimate of drug-likeness (QED) is 0.659. The van der Waals surface area contributed by atoms with Crippen LogP contribution in [0.3, 0.4) is 0 Å². The summed E-state index contributed by atoms with van der Waals surface area (Å²) in [7, 11) is 1.38. The van der Waals surface area contributed by atoms with Crippen molar-refractivity contribution < 1.29 is 18.8 Å². The molecule has 0 aliphatic heterocycles. The lowest BCUT2D eigenvalue weighted by Crippen LogP contribution is -2.45.